The Hall–Kier alpha value is -11.0. The summed E-state index contributed by atoms with van der Waals surface area (Å²) in [5.41, 5.74) is -0.115. The van der Waals surface area contributed by atoms with Crippen molar-refractivity contribution in [3.63, 3.8) is 0 Å². The minimum atomic E-state index is -2.86. The van der Waals surface area contributed by atoms with Crippen LogP contribution in [0.25, 0.3) is 0 Å². The largest absolute Gasteiger partial charge is 0.462 e. The maximum atomic E-state index is 14.7. The summed E-state index contributed by atoms with van der Waals surface area (Å²) >= 11 is 0. The molecule has 25 nitrogen and oxygen atoms in total. The second kappa shape index (κ2) is 42.7. The highest BCUT2D eigenvalue weighted by Crippen LogP contribution is 2.33. The summed E-state index contributed by atoms with van der Waals surface area (Å²) in [6, 6.07) is 52.7. The molecule has 106 heavy (non-hydrogen) atoms. The Kier molecular flexibility index (Phi) is 32.5. The minimum absolute atomic E-state index is 0.00193. The second-order valence-electron chi connectivity index (χ2n) is 24.1. The lowest BCUT2D eigenvalue weighted by molar-refractivity contribution is -0.301. The number of hydrogen-bond donors (Lipinski definition) is 3. The standard InChI is InChI=1S/C81H84O25/c1-4-5-6-7-8-9-10-32-49-94-79(92)70(99-54(3)83)66(62(98-53(2)82)48-51-96-81-65(84)69(105-77(90)60-43-28-16-29-44-60)68(103-76(89)59-41-26-15-27-42-59)64(101-81)52-97-73(86)56-35-20-12-21-36-56)104-80(93)71(106-78(91)61-45-30-17-31-46-61)67(102-75(88)58-39-24-14-25-40-58)63(100-74(87)57-37-22-13-23-38-57)47-50-95-72(85)55-33-18-11-19-34-55/h4,11-31,33-46,62-66,68-70,79-81,84,92-93H,1,5-10,32,47-52H2,2-3H3/b71-67-. The summed E-state index contributed by atoms with van der Waals surface area (Å²) in [5, 5.41) is 37.8. The predicted octanol–water partition coefficient (Wildman–Crippen LogP) is 11.0. The fraction of sp³-hybridized carbons (Fsp3) is 0.321. The van der Waals surface area contributed by atoms with Crippen LogP contribution in [0.1, 0.15) is 144 Å². The van der Waals surface area contributed by atoms with Crippen molar-refractivity contribution < 1.29 is 120 Å². The number of esters is 9. The van der Waals surface area contributed by atoms with E-state index in [1.54, 1.807) is 91.0 Å². The van der Waals surface area contributed by atoms with Crippen molar-refractivity contribution in [3.8, 4) is 0 Å². The van der Waals surface area contributed by atoms with Gasteiger partial charge in [-0.2, -0.15) is 0 Å². The molecule has 1 aliphatic heterocycles. The van der Waals surface area contributed by atoms with Crippen LogP contribution in [0.3, 0.4) is 0 Å². The molecule has 558 valence electrons. The van der Waals surface area contributed by atoms with Gasteiger partial charge in [0.05, 0.1) is 52.2 Å². The highest BCUT2D eigenvalue weighted by Gasteiger charge is 2.52. The summed E-state index contributed by atoms with van der Waals surface area (Å²) < 4.78 is 78.4. The Balaban J connectivity index is 1.23. The molecule has 0 aliphatic carbocycles. The minimum Gasteiger partial charge on any atom is -0.462 e. The lowest BCUT2D eigenvalue weighted by Crippen LogP contribution is -2.62. The van der Waals surface area contributed by atoms with Gasteiger partial charge in [0.15, 0.2) is 42.8 Å². The van der Waals surface area contributed by atoms with Gasteiger partial charge in [0.1, 0.15) is 31.0 Å². The molecule has 7 aromatic carbocycles. The number of aliphatic hydroxyl groups is 3. The van der Waals surface area contributed by atoms with E-state index in [0.29, 0.717) is 12.8 Å². The highest BCUT2D eigenvalue weighted by molar-refractivity contribution is 5.93. The van der Waals surface area contributed by atoms with E-state index in [0.717, 1.165) is 46.0 Å². The molecule has 0 aromatic heterocycles. The van der Waals surface area contributed by atoms with Crippen LogP contribution in [0.5, 0.6) is 0 Å². The van der Waals surface area contributed by atoms with Crippen molar-refractivity contribution in [1.29, 1.82) is 0 Å². The molecule has 0 bridgehead atoms. The summed E-state index contributed by atoms with van der Waals surface area (Å²) in [5.74, 6) is -11.5. The number of carbonyl (C=O) groups is 9. The van der Waals surface area contributed by atoms with Crippen LogP contribution >= 0.6 is 0 Å². The van der Waals surface area contributed by atoms with Crippen LogP contribution in [0.4, 0.5) is 0 Å². The van der Waals surface area contributed by atoms with Gasteiger partial charge in [0, 0.05) is 33.3 Å². The van der Waals surface area contributed by atoms with E-state index in [-0.39, 0.29) is 45.6 Å². The van der Waals surface area contributed by atoms with Gasteiger partial charge in [-0.15, -0.1) is 6.58 Å². The molecule has 0 spiro atoms. The van der Waals surface area contributed by atoms with E-state index < -0.39 is 166 Å². The molecular formula is C81H84O25. The zero-order valence-electron chi connectivity index (χ0n) is 58.4. The van der Waals surface area contributed by atoms with Crippen LogP contribution in [0.2, 0.25) is 0 Å². The van der Waals surface area contributed by atoms with Crippen molar-refractivity contribution in [2.45, 2.75) is 139 Å². The molecule has 1 fully saturated rings. The predicted molar refractivity (Wildman–Crippen MR) is 377 cm³/mol. The van der Waals surface area contributed by atoms with Gasteiger partial charge in [0.25, 0.3) is 0 Å². The first-order valence-corrected chi connectivity index (χ1v) is 34.4. The highest BCUT2D eigenvalue weighted by atomic mass is 16.7. The third-order valence-corrected chi connectivity index (χ3v) is 16.2. The first-order valence-electron chi connectivity index (χ1n) is 34.4. The quantitative estimate of drug-likeness (QED) is 0.00802. The molecule has 11 unspecified atom stereocenters. The van der Waals surface area contributed by atoms with Gasteiger partial charge < -0.3 is 76.9 Å². The SMILES string of the molecule is C=CCCCCCCCCOC(O)C(OC(C)=O)C(OC(O)/C(OC(=O)c1ccccc1)=C(/OC(=O)c1ccccc1)C(CCOC(=O)c1ccccc1)OC(=O)c1ccccc1)C(CCOC1OC(COC(=O)c2ccccc2)C(OC(=O)c2ccccc2)C(OC(=O)c2ccccc2)C1O)OC(C)=O. The topological polar surface area (TPSA) is 334 Å². The lowest BCUT2D eigenvalue weighted by Gasteiger charge is -2.43. The average molecular weight is 1460 g/mol. The summed E-state index contributed by atoms with van der Waals surface area (Å²) in [6.07, 6.45) is -16.9. The van der Waals surface area contributed by atoms with E-state index in [9.17, 15) is 58.5 Å². The second-order valence-corrected chi connectivity index (χ2v) is 24.1. The van der Waals surface area contributed by atoms with Crippen molar-refractivity contribution in [1.82, 2.24) is 0 Å². The van der Waals surface area contributed by atoms with Gasteiger partial charge >= 0.3 is 53.7 Å². The Labute approximate surface area is 612 Å². The molecule has 8 rings (SSSR count). The molecular weight excluding hydrogens is 1370 g/mol. The fourth-order valence-electron chi connectivity index (χ4n) is 11.0. The van der Waals surface area contributed by atoms with Crippen LogP contribution in [-0.2, 0) is 71.2 Å². The van der Waals surface area contributed by atoms with Crippen LogP contribution in [-0.4, -0.2) is 163 Å². The smallest absolute Gasteiger partial charge is 0.343 e. The van der Waals surface area contributed by atoms with Crippen LogP contribution in [0, 0.1) is 0 Å². The van der Waals surface area contributed by atoms with Crippen molar-refractivity contribution >= 4 is 53.7 Å². The first kappa shape index (κ1) is 80.7. The van der Waals surface area contributed by atoms with Gasteiger partial charge in [-0.05, 0) is 104 Å². The number of benzene rings is 7. The zero-order chi connectivity index (χ0) is 75.6. The first-order chi connectivity index (χ1) is 51.4. The van der Waals surface area contributed by atoms with Gasteiger partial charge in [0.2, 0.25) is 12.0 Å². The number of aliphatic hydroxyl groups excluding tert-OH is 3. The Bertz CT molecular complexity index is 3980. The Morgan fingerprint density at radius 1 is 0.443 bits per heavy atom. The van der Waals surface area contributed by atoms with E-state index >= 15 is 0 Å². The normalized spacial score (nSPS) is 17.3. The zero-order valence-corrected chi connectivity index (χ0v) is 58.4. The maximum Gasteiger partial charge on any atom is 0.343 e. The van der Waals surface area contributed by atoms with Crippen molar-refractivity contribution in [2.24, 2.45) is 0 Å². The summed E-state index contributed by atoms with van der Waals surface area (Å²) in [4.78, 5) is 126. The summed E-state index contributed by atoms with van der Waals surface area (Å²) in [6.45, 7) is 3.41. The average Bonchev–Trinajstić information content (AvgIpc) is 0.791. The van der Waals surface area contributed by atoms with Crippen molar-refractivity contribution in [3.05, 3.63) is 275 Å². The van der Waals surface area contributed by atoms with Gasteiger partial charge in [-0.25, -0.2) is 33.6 Å². The number of ether oxygens (including phenoxy) is 13. The molecule has 0 saturated carbocycles. The maximum absolute atomic E-state index is 14.7. The van der Waals surface area contributed by atoms with E-state index in [4.69, 9.17) is 61.6 Å². The molecule has 0 radical (unpaired) electrons. The molecule has 0 amide bonds. The van der Waals surface area contributed by atoms with Gasteiger partial charge in [-0.3, -0.25) is 9.59 Å². The molecule has 7 aromatic rings. The molecule has 11 atom stereocenters. The summed E-state index contributed by atoms with van der Waals surface area (Å²) in [7, 11) is 0. The molecule has 1 saturated heterocycles. The Morgan fingerprint density at radius 2 is 0.858 bits per heavy atom. The number of allylic oxidation sites excluding steroid dienone is 1. The monoisotopic (exact) mass is 1460 g/mol. The number of carbonyl (C=O) groups excluding carboxylic acids is 9. The van der Waals surface area contributed by atoms with Crippen molar-refractivity contribution in [2.75, 3.05) is 26.4 Å². The molecule has 1 heterocycles. The molecule has 1 aliphatic rings. The number of rotatable bonds is 40. The number of unbranched alkanes of at least 4 members (excludes halogenated alkanes) is 6. The van der Waals surface area contributed by atoms with E-state index in [2.05, 4.69) is 6.58 Å². The number of hydrogen-bond acceptors (Lipinski definition) is 25. The van der Waals surface area contributed by atoms with Crippen LogP contribution in [0.15, 0.2) is 236 Å². The van der Waals surface area contributed by atoms with E-state index in [1.807, 2.05) is 6.08 Å². The van der Waals surface area contributed by atoms with E-state index in [1.165, 1.54) is 121 Å². The molecule has 3 N–H and O–H groups in total. The van der Waals surface area contributed by atoms with Crippen LogP contribution < -0.4 is 0 Å². The fourth-order valence-corrected chi connectivity index (χ4v) is 11.0. The third kappa shape index (κ3) is 25.1. The molecule has 25 heteroatoms. The lowest BCUT2D eigenvalue weighted by atomic mass is 9.98. The Morgan fingerprint density at radius 3 is 1.33 bits per heavy atom. The third-order valence-electron chi connectivity index (χ3n) is 16.2. The van der Waals surface area contributed by atoms with Gasteiger partial charge in [-0.1, -0.05) is 159 Å².